The molecule has 2 heterocycles. The summed E-state index contributed by atoms with van der Waals surface area (Å²) >= 11 is 0. The Morgan fingerprint density at radius 3 is 2.16 bits per heavy atom. The Morgan fingerprint density at radius 1 is 0.968 bits per heavy atom. The zero-order valence-electron chi connectivity index (χ0n) is 18.7. The van der Waals surface area contributed by atoms with Crippen molar-refractivity contribution in [3.8, 4) is 11.1 Å². The number of carbonyl (C=O) groups is 1. The Kier molecular flexibility index (Phi) is 5.79. The molecule has 0 bridgehead atoms. The molecule has 1 aromatic heterocycles. The molecular weight excluding hydrogens is 384 g/mol. The fourth-order valence-electron chi connectivity index (χ4n) is 4.54. The molecule has 5 nitrogen and oxygen atoms in total. The van der Waals surface area contributed by atoms with Crippen molar-refractivity contribution in [1.29, 1.82) is 0 Å². The van der Waals surface area contributed by atoms with Crippen molar-refractivity contribution < 1.29 is 4.79 Å². The monoisotopic (exact) mass is 414 g/mol. The van der Waals surface area contributed by atoms with Gasteiger partial charge in [-0.1, -0.05) is 35.4 Å². The van der Waals surface area contributed by atoms with Crippen molar-refractivity contribution in [2.75, 3.05) is 23.3 Å². The van der Waals surface area contributed by atoms with Gasteiger partial charge in [-0.2, -0.15) is 0 Å². The van der Waals surface area contributed by atoms with E-state index in [2.05, 4.69) is 53.3 Å². The molecule has 3 N–H and O–H groups in total. The quantitative estimate of drug-likeness (QED) is 0.645. The van der Waals surface area contributed by atoms with E-state index in [1.54, 1.807) is 6.20 Å². The summed E-state index contributed by atoms with van der Waals surface area (Å²) in [6.07, 6.45) is 4.44. The van der Waals surface area contributed by atoms with Crippen LogP contribution in [-0.4, -0.2) is 30.0 Å². The molecule has 1 aliphatic heterocycles. The third kappa shape index (κ3) is 4.62. The molecule has 1 fully saturated rings. The molecule has 3 aromatic rings. The summed E-state index contributed by atoms with van der Waals surface area (Å²) in [4.78, 5) is 20.1. The Labute approximate surface area is 184 Å². The smallest absolute Gasteiger partial charge is 0.259 e. The highest BCUT2D eigenvalue weighted by molar-refractivity contribution is 6.10. The summed E-state index contributed by atoms with van der Waals surface area (Å²) in [7, 11) is 0. The summed E-state index contributed by atoms with van der Waals surface area (Å²) in [6.45, 7) is 9.79. The topological polar surface area (TPSA) is 71.2 Å². The van der Waals surface area contributed by atoms with Crippen LogP contribution in [0.3, 0.4) is 0 Å². The zero-order chi connectivity index (χ0) is 22.1. The number of amides is 1. The number of anilines is 2. The van der Waals surface area contributed by atoms with E-state index >= 15 is 0 Å². The summed E-state index contributed by atoms with van der Waals surface area (Å²) in [6, 6.07) is 12.6. The predicted molar refractivity (Wildman–Crippen MR) is 128 cm³/mol. The maximum atomic E-state index is 13.4. The van der Waals surface area contributed by atoms with Gasteiger partial charge in [-0.05, 0) is 62.9 Å². The van der Waals surface area contributed by atoms with Gasteiger partial charge in [0.2, 0.25) is 0 Å². The number of carbonyl (C=O) groups excluding carboxylic acids is 1. The average Bonchev–Trinajstić information content (AvgIpc) is 3.11. The molecule has 1 aliphatic rings. The molecule has 0 saturated carbocycles. The van der Waals surface area contributed by atoms with Crippen LogP contribution < -0.4 is 16.0 Å². The van der Waals surface area contributed by atoms with Crippen molar-refractivity contribution in [2.45, 2.75) is 40.2 Å². The lowest BCUT2D eigenvalue weighted by molar-refractivity contribution is 0.102. The molecule has 160 valence electrons. The largest absolute Gasteiger partial charge is 0.369 e. The Balaban J connectivity index is 1.80. The van der Waals surface area contributed by atoms with Gasteiger partial charge in [0.1, 0.15) is 0 Å². The van der Waals surface area contributed by atoms with Crippen LogP contribution in [0.15, 0.2) is 48.8 Å². The highest BCUT2D eigenvalue weighted by Gasteiger charge is 2.27. The molecule has 0 radical (unpaired) electrons. The van der Waals surface area contributed by atoms with Gasteiger partial charge in [-0.3, -0.25) is 9.78 Å². The number of nitrogens with zero attached hydrogens (tertiary/aromatic N) is 2. The van der Waals surface area contributed by atoms with Gasteiger partial charge in [-0.25, -0.2) is 0 Å². The normalized spacial score (nSPS) is 15.9. The van der Waals surface area contributed by atoms with Crippen LogP contribution in [0.4, 0.5) is 11.4 Å². The van der Waals surface area contributed by atoms with Crippen molar-refractivity contribution in [3.63, 3.8) is 0 Å². The molecule has 2 aromatic carbocycles. The third-order valence-corrected chi connectivity index (χ3v) is 5.72. The molecule has 0 unspecified atom stereocenters. The second-order valence-electron chi connectivity index (χ2n) is 8.78. The van der Waals surface area contributed by atoms with Crippen LogP contribution in [0.25, 0.3) is 11.1 Å². The molecule has 1 saturated heterocycles. The molecule has 0 spiro atoms. The summed E-state index contributed by atoms with van der Waals surface area (Å²) in [5.74, 6) is -0.154. The summed E-state index contributed by atoms with van der Waals surface area (Å²) in [5.41, 5.74) is 15.1. The molecule has 5 heteroatoms. The lowest BCUT2D eigenvalue weighted by Gasteiger charge is -2.25. The minimum atomic E-state index is -0.154. The van der Waals surface area contributed by atoms with Gasteiger partial charge < -0.3 is 16.0 Å². The number of aromatic nitrogens is 1. The van der Waals surface area contributed by atoms with Crippen LogP contribution in [0.2, 0.25) is 0 Å². The molecular formula is C26H30N4O. The molecule has 1 atom stereocenters. The standard InChI is InChI=1S/C26H30N4O/c1-16-7-17(2)10-20(9-16)23-13-28-14-24(25(23)30-6-5-21(27)15-30)26(31)29-22-11-18(3)8-19(4)12-22/h7-14,21H,5-6,15,27H2,1-4H3,(H,29,31)/t21-/m0/s1. The number of nitrogens with one attached hydrogen (secondary N) is 1. The highest BCUT2D eigenvalue weighted by Crippen LogP contribution is 2.36. The summed E-state index contributed by atoms with van der Waals surface area (Å²) in [5, 5.41) is 3.08. The number of nitrogens with two attached hydrogens (primary N) is 1. The van der Waals surface area contributed by atoms with Gasteiger partial charge in [0.05, 0.1) is 11.3 Å². The Morgan fingerprint density at radius 2 is 1.58 bits per heavy atom. The van der Waals surface area contributed by atoms with Crippen molar-refractivity contribution >= 4 is 17.3 Å². The van der Waals surface area contributed by atoms with Gasteiger partial charge in [0.15, 0.2) is 0 Å². The number of aryl methyl sites for hydroxylation is 4. The molecule has 4 rings (SSSR count). The van der Waals surface area contributed by atoms with Crippen molar-refractivity contribution in [1.82, 2.24) is 4.98 Å². The fraction of sp³-hybridized carbons (Fsp3) is 0.308. The first-order valence-corrected chi connectivity index (χ1v) is 10.8. The van der Waals surface area contributed by atoms with E-state index in [-0.39, 0.29) is 11.9 Å². The lowest BCUT2D eigenvalue weighted by Crippen LogP contribution is -2.29. The van der Waals surface area contributed by atoms with Crippen molar-refractivity contribution in [2.24, 2.45) is 5.73 Å². The lowest BCUT2D eigenvalue weighted by atomic mass is 9.98. The summed E-state index contributed by atoms with van der Waals surface area (Å²) < 4.78 is 0. The van der Waals surface area contributed by atoms with E-state index in [0.29, 0.717) is 5.56 Å². The maximum absolute atomic E-state index is 13.4. The zero-order valence-corrected chi connectivity index (χ0v) is 18.7. The minimum Gasteiger partial charge on any atom is -0.369 e. The van der Waals surface area contributed by atoms with E-state index < -0.39 is 0 Å². The first-order valence-electron chi connectivity index (χ1n) is 10.8. The first-order chi connectivity index (χ1) is 14.8. The SMILES string of the molecule is Cc1cc(C)cc(NC(=O)c2cncc(-c3cc(C)cc(C)c3)c2N2CC[C@H](N)C2)c1. The maximum Gasteiger partial charge on any atom is 0.259 e. The highest BCUT2D eigenvalue weighted by atomic mass is 16.1. The Bertz CT molecular complexity index is 1100. The third-order valence-electron chi connectivity index (χ3n) is 5.72. The van der Waals surface area contributed by atoms with Crippen LogP contribution in [0, 0.1) is 27.7 Å². The number of benzene rings is 2. The van der Waals surface area contributed by atoms with Crippen LogP contribution >= 0.6 is 0 Å². The Hall–Kier alpha value is -3.18. The predicted octanol–water partition coefficient (Wildman–Crippen LogP) is 4.77. The van der Waals surface area contributed by atoms with Crippen LogP contribution in [-0.2, 0) is 0 Å². The molecule has 31 heavy (non-hydrogen) atoms. The number of hydrogen-bond acceptors (Lipinski definition) is 4. The number of pyridine rings is 1. The average molecular weight is 415 g/mol. The van der Waals surface area contributed by atoms with Gasteiger partial charge in [0.25, 0.3) is 5.91 Å². The van der Waals surface area contributed by atoms with Crippen LogP contribution in [0.5, 0.6) is 0 Å². The second kappa shape index (κ2) is 8.52. The van der Waals surface area contributed by atoms with Gasteiger partial charge >= 0.3 is 0 Å². The number of rotatable bonds is 4. The molecule has 1 amide bonds. The van der Waals surface area contributed by atoms with Crippen LogP contribution in [0.1, 0.15) is 39.0 Å². The van der Waals surface area contributed by atoms with Gasteiger partial charge in [-0.15, -0.1) is 0 Å². The van der Waals surface area contributed by atoms with E-state index in [1.807, 2.05) is 32.2 Å². The minimum absolute atomic E-state index is 0.107. The second-order valence-corrected chi connectivity index (χ2v) is 8.78. The van der Waals surface area contributed by atoms with Crippen molar-refractivity contribution in [3.05, 3.63) is 76.6 Å². The first kappa shape index (κ1) is 21.1. The number of hydrogen-bond donors (Lipinski definition) is 2. The van der Waals surface area contributed by atoms with E-state index in [0.717, 1.165) is 53.1 Å². The van der Waals surface area contributed by atoms with E-state index in [4.69, 9.17) is 5.73 Å². The molecule has 0 aliphatic carbocycles. The van der Waals surface area contributed by atoms with E-state index in [1.165, 1.54) is 11.1 Å². The van der Waals surface area contributed by atoms with Gasteiger partial charge in [0, 0.05) is 42.8 Å². The fourth-order valence-corrected chi connectivity index (χ4v) is 4.54. The van der Waals surface area contributed by atoms with E-state index in [9.17, 15) is 4.79 Å².